The van der Waals surface area contributed by atoms with Gasteiger partial charge in [0, 0.05) is 17.3 Å². The first-order chi connectivity index (χ1) is 9.77. The van der Waals surface area contributed by atoms with Crippen molar-refractivity contribution in [3.05, 3.63) is 78.0 Å². The molecule has 1 aromatic heterocycles. The van der Waals surface area contributed by atoms with Gasteiger partial charge in [-0.3, -0.25) is 4.79 Å². The molecule has 0 fully saturated rings. The molecule has 3 nitrogen and oxygen atoms in total. The summed E-state index contributed by atoms with van der Waals surface area (Å²) in [6, 6.07) is 18.9. The molecule has 0 radical (unpaired) electrons. The van der Waals surface area contributed by atoms with E-state index in [1.165, 1.54) is 0 Å². The van der Waals surface area contributed by atoms with Crippen molar-refractivity contribution in [1.82, 2.24) is 4.98 Å². The molecule has 0 amide bonds. The lowest BCUT2D eigenvalue weighted by Crippen LogP contribution is -2.03. The van der Waals surface area contributed by atoms with Crippen molar-refractivity contribution in [2.45, 2.75) is 0 Å². The van der Waals surface area contributed by atoms with Crippen molar-refractivity contribution in [2.24, 2.45) is 0 Å². The van der Waals surface area contributed by atoms with E-state index >= 15 is 0 Å². The highest BCUT2D eigenvalue weighted by atomic mass is 16.1. The molecule has 3 heteroatoms. The van der Waals surface area contributed by atoms with Gasteiger partial charge in [0.2, 0.25) is 0 Å². The van der Waals surface area contributed by atoms with Crippen LogP contribution in [-0.4, -0.2) is 10.8 Å². The number of carbonyl (C=O) groups excluding carboxylic acids is 1. The lowest BCUT2D eigenvalue weighted by Gasteiger charge is -2.02. The second-order valence-electron chi connectivity index (χ2n) is 4.55. The summed E-state index contributed by atoms with van der Waals surface area (Å²) >= 11 is 0. The van der Waals surface area contributed by atoms with Gasteiger partial charge in [-0.05, 0) is 0 Å². The van der Waals surface area contributed by atoms with Crippen LogP contribution >= 0.6 is 0 Å². The number of H-pyrrole nitrogens is 1. The second-order valence-corrected chi connectivity index (χ2v) is 4.55. The SMILES string of the molecule is Nc1c(C(=O)c2ccccc2)c[nH]c1-c1ccccc1. The molecule has 2 aromatic carbocycles. The average Bonchev–Trinajstić information content (AvgIpc) is 2.90. The van der Waals surface area contributed by atoms with Crippen LogP contribution in [0.15, 0.2) is 66.9 Å². The number of aromatic nitrogens is 1. The number of nitrogen functional groups attached to an aromatic ring is 1. The van der Waals surface area contributed by atoms with E-state index in [2.05, 4.69) is 4.98 Å². The van der Waals surface area contributed by atoms with E-state index in [9.17, 15) is 4.79 Å². The number of hydrogen-bond donors (Lipinski definition) is 2. The van der Waals surface area contributed by atoms with Crippen LogP contribution in [0.3, 0.4) is 0 Å². The fourth-order valence-electron chi connectivity index (χ4n) is 2.21. The fraction of sp³-hybridized carbons (Fsp3) is 0. The quantitative estimate of drug-likeness (QED) is 0.710. The summed E-state index contributed by atoms with van der Waals surface area (Å²) in [7, 11) is 0. The minimum Gasteiger partial charge on any atom is -0.396 e. The highest BCUT2D eigenvalue weighted by Crippen LogP contribution is 2.28. The molecule has 0 saturated carbocycles. The van der Waals surface area contributed by atoms with Crippen LogP contribution in [0.4, 0.5) is 5.69 Å². The smallest absolute Gasteiger partial charge is 0.196 e. The third-order valence-electron chi connectivity index (χ3n) is 3.26. The number of anilines is 1. The highest BCUT2D eigenvalue weighted by Gasteiger charge is 2.17. The van der Waals surface area contributed by atoms with Crippen molar-refractivity contribution in [3.8, 4) is 11.3 Å². The van der Waals surface area contributed by atoms with Gasteiger partial charge in [0.1, 0.15) is 0 Å². The zero-order valence-electron chi connectivity index (χ0n) is 10.8. The molecule has 98 valence electrons. The van der Waals surface area contributed by atoms with Gasteiger partial charge in [0.05, 0.1) is 16.9 Å². The van der Waals surface area contributed by atoms with E-state index in [4.69, 9.17) is 5.73 Å². The zero-order valence-corrected chi connectivity index (χ0v) is 10.8. The molecule has 3 aromatic rings. The molecular weight excluding hydrogens is 248 g/mol. The van der Waals surface area contributed by atoms with E-state index in [1.54, 1.807) is 18.3 Å². The normalized spacial score (nSPS) is 10.4. The molecule has 0 aliphatic carbocycles. The van der Waals surface area contributed by atoms with Crippen LogP contribution in [0.5, 0.6) is 0 Å². The van der Waals surface area contributed by atoms with Crippen molar-refractivity contribution in [3.63, 3.8) is 0 Å². The number of nitrogens with one attached hydrogen (secondary N) is 1. The van der Waals surface area contributed by atoms with Gasteiger partial charge in [-0.15, -0.1) is 0 Å². The maximum Gasteiger partial charge on any atom is 0.196 e. The van der Waals surface area contributed by atoms with Crippen molar-refractivity contribution in [1.29, 1.82) is 0 Å². The van der Waals surface area contributed by atoms with Crippen LogP contribution in [-0.2, 0) is 0 Å². The number of aromatic amines is 1. The largest absolute Gasteiger partial charge is 0.396 e. The Labute approximate surface area is 117 Å². The third kappa shape index (κ3) is 2.10. The molecule has 0 aliphatic rings. The molecule has 0 bridgehead atoms. The Balaban J connectivity index is 2.01. The van der Waals surface area contributed by atoms with Crippen LogP contribution in [0, 0.1) is 0 Å². The molecule has 20 heavy (non-hydrogen) atoms. The van der Waals surface area contributed by atoms with E-state index < -0.39 is 0 Å². The lowest BCUT2D eigenvalue weighted by molar-refractivity contribution is 0.103. The maximum absolute atomic E-state index is 12.4. The van der Waals surface area contributed by atoms with Crippen LogP contribution in [0.2, 0.25) is 0 Å². The summed E-state index contributed by atoms with van der Waals surface area (Å²) < 4.78 is 0. The van der Waals surface area contributed by atoms with E-state index in [0.29, 0.717) is 16.8 Å². The molecule has 0 saturated heterocycles. The monoisotopic (exact) mass is 262 g/mol. The number of ketones is 1. The molecule has 3 N–H and O–H groups in total. The predicted molar refractivity (Wildman–Crippen MR) is 80.5 cm³/mol. The maximum atomic E-state index is 12.4. The second kappa shape index (κ2) is 5.05. The zero-order chi connectivity index (χ0) is 13.9. The number of carbonyl (C=O) groups is 1. The Kier molecular flexibility index (Phi) is 3.09. The number of nitrogens with two attached hydrogens (primary N) is 1. The number of hydrogen-bond acceptors (Lipinski definition) is 2. The molecule has 0 spiro atoms. The van der Waals surface area contributed by atoms with E-state index in [0.717, 1.165) is 11.3 Å². The summed E-state index contributed by atoms with van der Waals surface area (Å²) in [5.74, 6) is -0.0680. The van der Waals surface area contributed by atoms with Gasteiger partial charge in [-0.2, -0.15) is 0 Å². The van der Waals surface area contributed by atoms with Gasteiger partial charge < -0.3 is 10.7 Å². The Bertz CT molecular complexity index is 730. The Morgan fingerprint density at radius 1 is 0.900 bits per heavy atom. The van der Waals surface area contributed by atoms with E-state index in [-0.39, 0.29) is 5.78 Å². The minimum absolute atomic E-state index is 0.0680. The van der Waals surface area contributed by atoms with E-state index in [1.807, 2.05) is 48.5 Å². The summed E-state index contributed by atoms with van der Waals surface area (Å²) in [6.07, 6.45) is 1.67. The topological polar surface area (TPSA) is 58.9 Å². The van der Waals surface area contributed by atoms with Crippen molar-refractivity contribution >= 4 is 11.5 Å². The van der Waals surface area contributed by atoms with Gasteiger partial charge in [0.25, 0.3) is 0 Å². The highest BCUT2D eigenvalue weighted by molar-refractivity contribution is 6.13. The van der Waals surface area contributed by atoms with Gasteiger partial charge in [-0.1, -0.05) is 60.7 Å². The Hall–Kier alpha value is -2.81. The van der Waals surface area contributed by atoms with Crippen molar-refractivity contribution < 1.29 is 4.79 Å². The summed E-state index contributed by atoms with van der Waals surface area (Å²) in [5, 5.41) is 0. The molecule has 0 atom stereocenters. The molecule has 0 aliphatic heterocycles. The number of benzene rings is 2. The predicted octanol–water partition coefficient (Wildman–Crippen LogP) is 3.49. The fourth-order valence-corrected chi connectivity index (χ4v) is 2.21. The van der Waals surface area contributed by atoms with Gasteiger partial charge in [-0.25, -0.2) is 0 Å². The first-order valence-corrected chi connectivity index (χ1v) is 6.39. The third-order valence-corrected chi connectivity index (χ3v) is 3.26. The average molecular weight is 262 g/mol. The Morgan fingerprint density at radius 3 is 2.15 bits per heavy atom. The molecule has 1 heterocycles. The van der Waals surface area contributed by atoms with Gasteiger partial charge >= 0.3 is 0 Å². The lowest BCUT2D eigenvalue weighted by atomic mass is 10.0. The summed E-state index contributed by atoms with van der Waals surface area (Å²) in [4.78, 5) is 15.5. The summed E-state index contributed by atoms with van der Waals surface area (Å²) in [5.41, 5.74) is 9.51. The van der Waals surface area contributed by atoms with Crippen LogP contribution < -0.4 is 5.73 Å². The summed E-state index contributed by atoms with van der Waals surface area (Å²) in [6.45, 7) is 0. The first kappa shape index (κ1) is 12.2. The first-order valence-electron chi connectivity index (χ1n) is 6.39. The Morgan fingerprint density at radius 2 is 1.50 bits per heavy atom. The molecular formula is C17H14N2O. The van der Waals surface area contributed by atoms with Crippen LogP contribution in [0.1, 0.15) is 15.9 Å². The standard InChI is InChI=1S/C17H14N2O/c18-15-14(17(20)13-9-5-2-6-10-13)11-19-16(15)12-7-3-1-4-8-12/h1-11,19H,18H2. The van der Waals surface area contributed by atoms with Gasteiger partial charge in [0.15, 0.2) is 5.78 Å². The molecule has 3 rings (SSSR count). The van der Waals surface area contributed by atoms with Crippen molar-refractivity contribution in [2.75, 3.05) is 5.73 Å². The number of rotatable bonds is 3. The minimum atomic E-state index is -0.0680. The van der Waals surface area contributed by atoms with Crippen LogP contribution in [0.25, 0.3) is 11.3 Å². The molecule has 0 unspecified atom stereocenters.